The molecule has 0 spiro atoms. The van der Waals surface area contributed by atoms with Crippen molar-refractivity contribution in [1.29, 1.82) is 0 Å². The highest BCUT2D eigenvalue weighted by molar-refractivity contribution is 5.64. The molecule has 0 atom stereocenters. The third kappa shape index (κ3) is 1.40. The van der Waals surface area contributed by atoms with Gasteiger partial charge in [0, 0.05) is 24.5 Å². The van der Waals surface area contributed by atoms with Crippen LogP contribution in [0, 0.1) is 6.92 Å². The summed E-state index contributed by atoms with van der Waals surface area (Å²) in [6.07, 6.45) is 4.91. The van der Waals surface area contributed by atoms with E-state index < -0.39 is 0 Å². The van der Waals surface area contributed by atoms with Gasteiger partial charge in [0.1, 0.15) is 11.5 Å². The van der Waals surface area contributed by atoms with Crippen molar-refractivity contribution in [2.75, 3.05) is 0 Å². The van der Waals surface area contributed by atoms with Gasteiger partial charge in [-0.3, -0.25) is 4.98 Å². The highest BCUT2D eigenvalue weighted by atomic mass is 16.3. The fraction of sp³-hybridized carbons (Fsp3) is 0.200. The van der Waals surface area contributed by atoms with Crippen LogP contribution >= 0.6 is 0 Å². The minimum Gasteiger partial charge on any atom is -0.448 e. The maximum absolute atomic E-state index is 5.61. The van der Waals surface area contributed by atoms with Gasteiger partial charge in [-0.25, -0.2) is 4.98 Å². The number of nitrogens with two attached hydrogens (primary N) is 1. The summed E-state index contributed by atoms with van der Waals surface area (Å²) in [5.74, 6) is 0.797. The topological polar surface area (TPSA) is 64.9 Å². The summed E-state index contributed by atoms with van der Waals surface area (Å²) in [7, 11) is 0. The molecule has 0 aliphatic carbocycles. The Morgan fingerprint density at radius 3 is 3.00 bits per heavy atom. The van der Waals surface area contributed by atoms with Crippen molar-refractivity contribution in [1.82, 2.24) is 9.97 Å². The molecule has 0 saturated heterocycles. The van der Waals surface area contributed by atoms with Crippen molar-refractivity contribution in [3.63, 3.8) is 0 Å². The molecule has 0 aromatic carbocycles. The second-order valence-corrected chi connectivity index (χ2v) is 2.99. The lowest BCUT2D eigenvalue weighted by Gasteiger charge is -2.03. The van der Waals surface area contributed by atoms with Crippen LogP contribution in [0.2, 0.25) is 0 Å². The van der Waals surface area contributed by atoms with Crippen LogP contribution in [0.4, 0.5) is 0 Å². The van der Waals surface area contributed by atoms with Crippen molar-refractivity contribution >= 4 is 0 Å². The maximum atomic E-state index is 5.61. The smallest absolute Gasteiger partial charge is 0.181 e. The van der Waals surface area contributed by atoms with Gasteiger partial charge in [0.25, 0.3) is 0 Å². The molecule has 2 N–H and O–H groups in total. The molecule has 2 heterocycles. The fourth-order valence-corrected chi connectivity index (χ4v) is 1.38. The summed E-state index contributed by atoms with van der Waals surface area (Å²) in [5.41, 5.74) is 8.42. The zero-order chi connectivity index (χ0) is 9.97. The predicted octanol–water partition coefficient (Wildman–Crippen LogP) is 1.50. The van der Waals surface area contributed by atoms with Crippen molar-refractivity contribution in [2.45, 2.75) is 13.5 Å². The highest BCUT2D eigenvalue weighted by Crippen LogP contribution is 2.23. The number of hydrogen-bond acceptors (Lipinski definition) is 4. The monoisotopic (exact) mass is 189 g/mol. The molecule has 4 heteroatoms. The fourth-order valence-electron chi connectivity index (χ4n) is 1.38. The summed E-state index contributed by atoms with van der Waals surface area (Å²) >= 11 is 0. The average Bonchev–Trinajstić information content (AvgIpc) is 2.64. The summed E-state index contributed by atoms with van der Waals surface area (Å²) in [6.45, 7) is 2.33. The third-order valence-electron chi connectivity index (χ3n) is 2.12. The number of aromatic nitrogens is 2. The van der Waals surface area contributed by atoms with Crippen LogP contribution in [0.3, 0.4) is 0 Å². The zero-order valence-corrected chi connectivity index (χ0v) is 7.90. The van der Waals surface area contributed by atoms with Crippen LogP contribution in [0.5, 0.6) is 0 Å². The van der Waals surface area contributed by atoms with Gasteiger partial charge in [-0.2, -0.15) is 0 Å². The molecule has 0 bridgehead atoms. The molecule has 72 valence electrons. The first-order valence-corrected chi connectivity index (χ1v) is 4.36. The van der Waals surface area contributed by atoms with Crippen LogP contribution in [0.15, 0.2) is 29.3 Å². The molecule has 2 aromatic rings. The van der Waals surface area contributed by atoms with Crippen molar-refractivity contribution in [2.24, 2.45) is 5.73 Å². The van der Waals surface area contributed by atoms with E-state index >= 15 is 0 Å². The van der Waals surface area contributed by atoms with Gasteiger partial charge in [0.15, 0.2) is 6.39 Å². The Labute approximate surface area is 81.8 Å². The van der Waals surface area contributed by atoms with Gasteiger partial charge in [0.2, 0.25) is 0 Å². The molecule has 0 aliphatic rings. The Morgan fingerprint density at radius 1 is 1.50 bits per heavy atom. The number of oxazole rings is 1. The molecule has 4 nitrogen and oxygen atoms in total. The lowest BCUT2D eigenvalue weighted by atomic mass is 10.1. The molecule has 0 saturated carbocycles. The van der Waals surface area contributed by atoms with E-state index in [0.717, 1.165) is 22.6 Å². The molecule has 0 fully saturated rings. The number of pyridine rings is 1. The van der Waals surface area contributed by atoms with E-state index in [0.29, 0.717) is 6.54 Å². The summed E-state index contributed by atoms with van der Waals surface area (Å²) in [6, 6.07) is 1.90. The Bertz CT molecular complexity index is 436. The van der Waals surface area contributed by atoms with Crippen molar-refractivity contribution < 1.29 is 4.42 Å². The molecule has 0 aliphatic heterocycles. The van der Waals surface area contributed by atoms with Gasteiger partial charge < -0.3 is 10.2 Å². The number of rotatable bonds is 2. The maximum Gasteiger partial charge on any atom is 0.181 e. The molecule has 0 radical (unpaired) electrons. The van der Waals surface area contributed by atoms with Gasteiger partial charge in [-0.1, -0.05) is 0 Å². The SMILES string of the molecule is Cc1ocnc1-c1ccncc1CN. The minimum atomic E-state index is 0.454. The second-order valence-electron chi connectivity index (χ2n) is 2.99. The first-order valence-electron chi connectivity index (χ1n) is 4.36. The quantitative estimate of drug-likeness (QED) is 0.777. The lowest BCUT2D eigenvalue weighted by molar-refractivity contribution is 0.527. The molecular formula is C10H11N3O. The van der Waals surface area contributed by atoms with Crippen molar-refractivity contribution in [3.8, 4) is 11.3 Å². The van der Waals surface area contributed by atoms with Crippen LogP contribution in [0.1, 0.15) is 11.3 Å². The molecule has 14 heavy (non-hydrogen) atoms. The van der Waals surface area contributed by atoms with Crippen molar-refractivity contribution in [3.05, 3.63) is 36.2 Å². The normalized spacial score (nSPS) is 10.4. The molecule has 0 unspecified atom stereocenters. The van der Waals surface area contributed by atoms with E-state index in [4.69, 9.17) is 10.2 Å². The zero-order valence-electron chi connectivity index (χ0n) is 7.90. The van der Waals surface area contributed by atoms with Crippen LogP contribution in [-0.4, -0.2) is 9.97 Å². The Balaban J connectivity index is 2.56. The van der Waals surface area contributed by atoms with Gasteiger partial charge in [-0.15, -0.1) is 0 Å². The Hall–Kier alpha value is -1.68. The summed E-state index contributed by atoms with van der Waals surface area (Å²) in [5, 5.41) is 0. The van der Waals surface area contributed by atoms with Gasteiger partial charge in [-0.05, 0) is 18.6 Å². The molecule has 2 aromatic heterocycles. The first-order chi connectivity index (χ1) is 6.83. The second kappa shape index (κ2) is 3.59. The van der Waals surface area contributed by atoms with E-state index in [1.807, 2.05) is 13.0 Å². The van der Waals surface area contributed by atoms with Crippen LogP contribution < -0.4 is 5.73 Å². The molecular weight excluding hydrogens is 178 g/mol. The van der Waals surface area contributed by atoms with E-state index in [9.17, 15) is 0 Å². The van der Waals surface area contributed by atoms with E-state index in [1.54, 1.807) is 12.4 Å². The summed E-state index contributed by atoms with van der Waals surface area (Å²) in [4.78, 5) is 8.16. The first kappa shape index (κ1) is 8.90. The predicted molar refractivity (Wildman–Crippen MR) is 52.4 cm³/mol. The largest absolute Gasteiger partial charge is 0.448 e. The van der Waals surface area contributed by atoms with Gasteiger partial charge in [0.05, 0.1) is 0 Å². The molecule has 0 amide bonds. The lowest BCUT2D eigenvalue weighted by Crippen LogP contribution is -2.00. The van der Waals surface area contributed by atoms with E-state index in [2.05, 4.69) is 9.97 Å². The Morgan fingerprint density at radius 2 is 2.36 bits per heavy atom. The number of aryl methyl sites for hydroxylation is 1. The third-order valence-corrected chi connectivity index (χ3v) is 2.12. The standard InChI is InChI=1S/C10H11N3O/c1-7-10(13-6-14-7)9-2-3-12-5-8(9)4-11/h2-3,5-6H,4,11H2,1H3. The highest BCUT2D eigenvalue weighted by Gasteiger charge is 2.09. The van der Waals surface area contributed by atoms with Crippen LogP contribution in [0.25, 0.3) is 11.3 Å². The van der Waals surface area contributed by atoms with Crippen LogP contribution in [-0.2, 0) is 6.54 Å². The van der Waals surface area contributed by atoms with E-state index in [-0.39, 0.29) is 0 Å². The number of nitrogens with zero attached hydrogens (tertiary/aromatic N) is 2. The van der Waals surface area contributed by atoms with E-state index in [1.165, 1.54) is 6.39 Å². The summed E-state index contributed by atoms with van der Waals surface area (Å²) < 4.78 is 5.15. The molecule has 2 rings (SSSR count). The average molecular weight is 189 g/mol. The Kier molecular flexibility index (Phi) is 2.28. The minimum absolute atomic E-state index is 0.454. The van der Waals surface area contributed by atoms with Gasteiger partial charge >= 0.3 is 0 Å². The number of hydrogen-bond donors (Lipinski definition) is 1.